The van der Waals surface area contributed by atoms with Crippen LogP contribution in [0.1, 0.15) is 35.5 Å². The van der Waals surface area contributed by atoms with Gasteiger partial charge in [0.2, 0.25) is 0 Å². The van der Waals surface area contributed by atoms with Gasteiger partial charge in [-0.3, -0.25) is 0 Å². The Balaban J connectivity index is 1.86. The third-order valence-corrected chi connectivity index (χ3v) is 3.77. The molecule has 0 aliphatic rings. The van der Waals surface area contributed by atoms with Gasteiger partial charge in [0.15, 0.2) is 11.5 Å². The highest BCUT2D eigenvalue weighted by molar-refractivity contribution is 5.77. The van der Waals surface area contributed by atoms with Crippen LogP contribution in [0.3, 0.4) is 0 Å². The van der Waals surface area contributed by atoms with E-state index in [4.69, 9.17) is 4.42 Å². The summed E-state index contributed by atoms with van der Waals surface area (Å²) in [4.78, 5) is 4.38. The van der Waals surface area contributed by atoms with E-state index in [9.17, 15) is 0 Å². The molecule has 3 nitrogen and oxygen atoms in total. The first-order valence-electron chi connectivity index (χ1n) is 7.24. The van der Waals surface area contributed by atoms with Crippen LogP contribution in [0.25, 0.3) is 11.1 Å². The molecule has 0 aliphatic carbocycles. The maximum absolute atomic E-state index is 5.51. The smallest absolute Gasteiger partial charge is 0.192 e. The Labute approximate surface area is 125 Å². The Morgan fingerprint density at radius 2 is 1.86 bits per heavy atom. The van der Waals surface area contributed by atoms with Gasteiger partial charge in [0.25, 0.3) is 0 Å². The van der Waals surface area contributed by atoms with Crippen LogP contribution in [0, 0.1) is 20.8 Å². The SMILES string of the molecule is Cc1ccc(C(C)Nc2ccc3oc(C)nc3c2)c(C)c1. The van der Waals surface area contributed by atoms with Gasteiger partial charge in [0.05, 0.1) is 0 Å². The van der Waals surface area contributed by atoms with Gasteiger partial charge < -0.3 is 9.73 Å². The zero-order valence-corrected chi connectivity index (χ0v) is 12.9. The lowest BCUT2D eigenvalue weighted by Gasteiger charge is -2.18. The molecule has 0 radical (unpaired) electrons. The molecule has 0 fully saturated rings. The first-order chi connectivity index (χ1) is 10.0. The van der Waals surface area contributed by atoms with Gasteiger partial charge in [0.1, 0.15) is 5.52 Å². The van der Waals surface area contributed by atoms with Crippen LogP contribution in [-0.4, -0.2) is 4.98 Å². The minimum Gasteiger partial charge on any atom is -0.441 e. The van der Waals surface area contributed by atoms with E-state index in [-0.39, 0.29) is 6.04 Å². The molecule has 3 aromatic rings. The van der Waals surface area contributed by atoms with E-state index in [1.54, 1.807) is 0 Å². The molecule has 0 spiro atoms. The fourth-order valence-electron chi connectivity index (χ4n) is 2.77. The summed E-state index contributed by atoms with van der Waals surface area (Å²) in [6.07, 6.45) is 0. The number of hydrogen-bond donors (Lipinski definition) is 1. The number of nitrogens with zero attached hydrogens (tertiary/aromatic N) is 1. The third-order valence-electron chi connectivity index (χ3n) is 3.77. The molecule has 1 heterocycles. The Morgan fingerprint density at radius 1 is 1.05 bits per heavy atom. The number of aryl methyl sites for hydroxylation is 3. The molecular weight excluding hydrogens is 260 g/mol. The number of fused-ring (bicyclic) bond motifs is 1. The highest BCUT2D eigenvalue weighted by Crippen LogP contribution is 2.25. The van der Waals surface area contributed by atoms with Crippen molar-refractivity contribution in [2.45, 2.75) is 33.7 Å². The topological polar surface area (TPSA) is 38.1 Å². The number of rotatable bonds is 3. The molecule has 0 bridgehead atoms. The van der Waals surface area contributed by atoms with Crippen molar-refractivity contribution in [1.29, 1.82) is 0 Å². The third kappa shape index (κ3) is 2.77. The Hall–Kier alpha value is -2.29. The second-order valence-corrected chi connectivity index (χ2v) is 5.64. The fourth-order valence-corrected chi connectivity index (χ4v) is 2.77. The molecular formula is C18H20N2O. The molecule has 1 aromatic heterocycles. The van der Waals surface area contributed by atoms with E-state index >= 15 is 0 Å². The predicted molar refractivity (Wildman–Crippen MR) is 86.7 cm³/mol. The molecule has 3 rings (SSSR count). The van der Waals surface area contributed by atoms with Gasteiger partial charge >= 0.3 is 0 Å². The van der Waals surface area contributed by atoms with Crippen LogP contribution >= 0.6 is 0 Å². The van der Waals surface area contributed by atoms with Crippen molar-refractivity contribution in [2.24, 2.45) is 0 Å². The lowest BCUT2D eigenvalue weighted by atomic mass is 10.00. The first-order valence-corrected chi connectivity index (χ1v) is 7.24. The van der Waals surface area contributed by atoms with Crippen LogP contribution in [0.5, 0.6) is 0 Å². The quantitative estimate of drug-likeness (QED) is 0.739. The van der Waals surface area contributed by atoms with E-state index in [0.29, 0.717) is 5.89 Å². The van der Waals surface area contributed by atoms with Gasteiger partial charge in [-0.2, -0.15) is 0 Å². The second-order valence-electron chi connectivity index (χ2n) is 5.64. The maximum Gasteiger partial charge on any atom is 0.192 e. The number of hydrogen-bond acceptors (Lipinski definition) is 3. The van der Waals surface area contributed by atoms with Crippen molar-refractivity contribution in [1.82, 2.24) is 4.98 Å². The molecule has 0 amide bonds. The lowest BCUT2D eigenvalue weighted by molar-refractivity contribution is 0.561. The van der Waals surface area contributed by atoms with Crippen LogP contribution in [0.4, 0.5) is 5.69 Å². The van der Waals surface area contributed by atoms with Gasteiger partial charge in [-0.1, -0.05) is 23.8 Å². The van der Waals surface area contributed by atoms with Crippen molar-refractivity contribution >= 4 is 16.8 Å². The van der Waals surface area contributed by atoms with Gasteiger partial charge in [-0.05, 0) is 50.1 Å². The van der Waals surface area contributed by atoms with E-state index < -0.39 is 0 Å². The van der Waals surface area contributed by atoms with Crippen molar-refractivity contribution in [3.8, 4) is 0 Å². The van der Waals surface area contributed by atoms with Gasteiger partial charge in [-0.25, -0.2) is 4.98 Å². The Bertz CT molecular complexity index is 789. The molecule has 0 saturated heterocycles. The van der Waals surface area contributed by atoms with E-state index in [2.05, 4.69) is 49.3 Å². The predicted octanol–water partition coefficient (Wildman–Crippen LogP) is 4.93. The monoisotopic (exact) mass is 280 g/mol. The normalized spacial score (nSPS) is 12.6. The molecule has 1 unspecified atom stereocenters. The number of nitrogens with one attached hydrogen (secondary N) is 1. The average Bonchev–Trinajstić information content (AvgIpc) is 2.77. The van der Waals surface area contributed by atoms with E-state index in [1.807, 2.05) is 25.1 Å². The highest BCUT2D eigenvalue weighted by atomic mass is 16.3. The zero-order chi connectivity index (χ0) is 15.0. The summed E-state index contributed by atoms with van der Waals surface area (Å²) in [5.74, 6) is 0.699. The summed E-state index contributed by atoms with van der Waals surface area (Å²) in [6, 6.07) is 12.9. The molecule has 1 atom stereocenters. The summed E-state index contributed by atoms with van der Waals surface area (Å²) >= 11 is 0. The highest BCUT2D eigenvalue weighted by Gasteiger charge is 2.10. The summed E-state index contributed by atoms with van der Waals surface area (Å²) in [5.41, 5.74) is 6.71. The Morgan fingerprint density at radius 3 is 2.62 bits per heavy atom. The van der Waals surface area contributed by atoms with E-state index in [1.165, 1.54) is 16.7 Å². The number of anilines is 1. The lowest BCUT2D eigenvalue weighted by Crippen LogP contribution is -2.08. The van der Waals surface area contributed by atoms with Crippen molar-refractivity contribution in [3.63, 3.8) is 0 Å². The number of oxazole rings is 1. The molecule has 21 heavy (non-hydrogen) atoms. The molecule has 2 aromatic carbocycles. The van der Waals surface area contributed by atoms with Crippen molar-refractivity contribution < 1.29 is 4.42 Å². The summed E-state index contributed by atoms with van der Waals surface area (Å²) in [5, 5.41) is 3.54. The minimum atomic E-state index is 0.246. The fraction of sp³-hybridized carbons (Fsp3) is 0.278. The van der Waals surface area contributed by atoms with Crippen LogP contribution < -0.4 is 5.32 Å². The summed E-state index contributed by atoms with van der Waals surface area (Å²) < 4.78 is 5.51. The standard InChI is InChI=1S/C18H20N2O/c1-11-5-7-16(12(2)9-11)13(3)19-15-6-8-18-17(10-15)20-14(4)21-18/h5-10,13,19H,1-4H3. The molecule has 0 aliphatic heterocycles. The largest absolute Gasteiger partial charge is 0.441 e. The molecule has 1 N–H and O–H groups in total. The molecule has 108 valence electrons. The number of aromatic nitrogens is 1. The van der Waals surface area contributed by atoms with Gasteiger partial charge in [0, 0.05) is 18.7 Å². The Kier molecular flexibility index (Phi) is 3.42. The summed E-state index contributed by atoms with van der Waals surface area (Å²) in [7, 11) is 0. The number of benzene rings is 2. The van der Waals surface area contributed by atoms with Crippen LogP contribution in [-0.2, 0) is 0 Å². The average molecular weight is 280 g/mol. The summed E-state index contributed by atoms with van der Waals surface area (Å²) in [6.45, 7) is 8.32. The molecule has 3 heteroatoms. The van der Waals surface area contributed by atoms with Crippen LogP contribution in [0.15, 0.2) is 40.8 Å². The van der Waals surface area contributed by atoms with Gasteiger partial charge in [-0.15, -0.1) is 0 Å². The second kappa shape index (κ2) is 5.24. The van der Waals surface area contributed by atoms with E-state index in [0.717, 1.165) is 16.8 Å². The zero-order valence-electron chi connectivity index (χ0n) is 12.9. The van der Waals surface area contributed by atoms with Crippen molar-refractivity contribution in [2.75, 3.05) is 5.32 Å². The van der Waals surface area contributed by atoms with Crippen molar-refractivity contribution in [3.05, 3.63) is 59.0 Å². The minimum absolute atomic E-state index is 0.246. The van der Waals surface area contributed by atoms with Crippen LogP contribution in [0.2, 0.25) is 0 Å². The maximum atomic E-state index is 5.51. The first kappa shape index (κ1) is 13.7. The molecule has 0 saturated carbocycles.